The van der Waals surface area contributed by atoms with Crippen molar-refractivity contribution in [2.24, 2.45) is 5.16 Å². The normalized spacial score (nSPS) is 15.5. The molecule has 1 aromatic heterocycles. The molecule has 0 fully saturated rings. The number of rotatable bonds is 3. The molecule has 1 aliphatic heterocycles. The standard InChI is InChI=1S/C16H10Cl3N3O4S/c17-8-1-2-9(12(19)7-8)16-20-14-11(18)4-3-10-13(21-26-27(23,24)25)5-6-22(16)15(10)14/h1-4,7H,5-6H2,(H,23,24,25)/b21-13-. The van der Waals surface area contributed by atoms with Crippen molar-refractivity contribution >= 4 is 61.9 Å². The van der Waals surface area contributed by atoms with E-state index >= 15 is 0 Å². The molecule has 27 heavy (non-hydrogen) atoms. The van der Waals surface area contributed by atoms with Crippen LogP contribution >= 0.6 is 34.8 Å². The first-order valence-corrected chi connectivity index (χ1v) is 10.1. The van der Waals surface area contributed by atoms with Crippen molar-refractivity contribution in [3.05, 3.63) is 51.0 Å². The summed E-state index contributed by atoms with van der Waals surface area (Å²) in [5.74, 6) is 0.607. The minimum absolute atomic E-state index is 0.355. The van der Waals surface area contributed by atoms with E-state index in [0.717, 1.165) is 0 Å². The second kappa shape index (κ2) is 6.65. The van der Waals surface area contributed by atoms with Gasteiger partial charge < -0.3 is 4.57 Å². The Bertz CT molecular complexity index is 1220. The highest BCUT2D eigenvalue weighted by Gasteiger charge is 2.26. The zero-order chi connectivity index (χ0) is 19.3. The number of aromatic nitrogens is 2. The molecule has 0 spiro atoms. The molecule has 1 aliphatic rings. The fourth-order valence-corrected chi connectivity index (χ4v) is 3.94. The van der Waals surface area contributed by atoms with Crippen LogP contribution in [0.1, 0.15) is 12.0 Å². The summed E-state index contributed by atoms with van der Waals surface area (Å²) in [6, 6.07) is 8.45. The van der Waals surface area contributed by atoms with Gasteiger partial charge in [-0.3, -0.25) is 4.55 Å². The van der Waals surface area contributed by atoms with Gasteiger partial charge in [0.25, 0.3) is 0 Å². The summed E-state index contributed by atoms with van der Waals surface area (Å²) in [6.07, 6.45) is 0.355. The summed E-state index contributed by atoms with van der Waals surface area (Å²) < 4.78 is 36.5. The van der Waals surface area contributed by atoms with Crippen LogP contribution in [0.5, 0.6) is 0 Å². The third-order valence-corrected chi connectivity index (χ3v) is 5.26. The zero-order valence-corrected chi connectivity index (χ0v) is 16.4. The van der Waals surface area contributed by atoms with Crippen molar-refractivity contribution in [2.75, 3.05) is 0 Å². The molecule has 0 saturated carbocycles. The molecule has 3 aromatic rings. The van der Waals surface area contributed by atoms with Crippen molar-refractivity contribution < 1.29 is 17.3 Å². The van der Waals surface area contributed by atoms with Gasteiger partial charge in [0.15, 0.2) is 0 Å². The minimum Gasteiger partial charge on any atom is -0.323 e. The lowest BCUT2D eigenvalue weighted by Crippen LogP contribution is -2.17. The zero-order valence-electron chi connectivity index (χ0n) is 13.4. The van der Waals surface area contributed by atoms with Gasteiger partial charge in [0, 0.05) is 29.1 Å². The third kappa shape index (κ3) is 3.39. The van der Waals surface area contributed by atoms with Crippen LogP contribution in [0, 0.1) is 0 Å². The van der Waals surface area contributed by atoms with Gasteiger partial charge in [0.2, 0.25) is 0 Å². The summed E-state index contributed by atoms with van der Waals surface area (Å²) in [5.41, 5.74) is 2.85. The van der Waals surface area contributed by atoms with Crippen LogP contribution in [-0.2, 0) is 21.2 Å². The van der Waals surface area contributed by atoms with Crippen molar-refractivity contribution in [1.29, 1.82) is 0 Å². The van der Waals surface area contributed by atoms with Crippen molar-refractivity contribution in [1.82, 2.24) is 9.55 Å². The molecule has 0 saturated heterocycles. The number of hydrogen-bond donors (Lipinski definition) is 1. The van der Waals surface area contributed by atoms with Gasteiger partial charge in [-0.25, -0.2) is 9.27 Å². The van der Waals surface area contributed by atoms with E-state index in [4.69, 9.17) is 39.4 Å². The topological polar surface area (TPSA) is 93.8 Å². The number of imidazole rings is 1. The Kier molecular flexibility index (Phi) is 4.56. The van der Waals surface area contributed by atoms with Gasteiger partial charge in [-0.1, -0.05) is 40.0 Å². The first-order valence-electron chi connectivity index (χ1n) is 7.62. The Balaban J connectivity index is 1.95. The average Bonchev–Trinajstić information content (AvgIpc) is 2.97. The Morgan fingerprint density at radius 1 is 1.11 bits per heavy atom. The van der Waals surface area contributed by atoms with Gasteiger partial charge in [-0.2, -0.15) is 8.42 Å². The SMILES string of the molecule is O=S(=O)(O)O/N=C1/CCn2c(-c3ccc(Cl)cc3Cl)nc3c(Cl)ccc1c32. The molecular formula is C16H10Cl3N3O4S. The van der Waals surface area contributed by atoms with Crippen LogP contribution in [-0.4, -0.2) is 28.2 Å². The molecule has 1 N–H and O–H groups in total. The van der Waals surface area contributed by atoms with E-state index < -0.39 is 10.4 Å². The lowest BCUT2D eigenvalue weighted by molar-refractivity contribution is 0.281. The Morgan fingerprint density at radius 3 is 2.56 bits per heavy atom. The first kappa shape index (κ1) is 18.5. The first-order chi connectivity index (χ1) is 12.7. The van der Waals surface area contributed by atoms with E-state index in [1.807, 2.05) is 4.57 Å². The molecule has 0 amide bonds. The summed E-state index contributed by atoms with van der Waals surface area (Å²) >= 11 is 18.6. The monoisotopic (exact) mass is 445 g/mol. The van der Waals surface area contributed by atoms with Crippen LogP contribution in [0.2, 0.25) is 15.1 Å². The van der Waals surface area contributed by atoms with Crippen LogP contribution in [0.4, 0.5) is 0 Å². The molecule has 0 bridgehead atoms. The molecular weight excluding hydrogens is 437 g/mol. The van der Waals surface area contributed by atoms with Crippen molar-refractivity contribution in [2.45, 2.75) is 13.0 Å². The lowest BCUT2D eigenvalue weighted by Gasteiger charge is -2.18. The lowest BCUT2D eigenvalue weighted by atomic mass is 10.0. The predicted octanol–water partition coefficient (Wildman–Crippen LogP) is 4.59. The van der Waals surface area contributed by atoms with E-state index in [0.29, 0.717) is 61.7 Å². The fraction of sp³-hybridized carbons (Fsp3) is 0.125. The summed E-state index contributed by atoms with van der Waals surface area (Å²) in [6.45, 7) is 0.436. The van der Waals surface area contributed by atoms with Gasteiger partial charge >= 0.3 is 10.4 Å². The van der Waals surface area contributed by atoms with Gasteiger partial charge in [0.1, 0.15) is 11.3 Å². The van der Waals surface area contributed by atoms with Gasteiger partial charge in [0.05, 0.1) is 21.3 Å². The molecule has 0 atom stereocenters. The van der Waals surface area contributed by atoms with E-state index in [-0.39, 0.29) is 0 Å². The molecule has 0 aliphatic carbocycles. The Morgan fingerprint density at radius 2 is 1.85 bits per heavy atom. The summed E-state index contributed by atoms with van der Waals surface area (Å²) in [7, 11) is -4.69. The van der Waals surface area contributed by atoms with Crippen LogP contribution in [0.3, 0.4) is 0 Å². The number of hydrogen-bond acceptors (Lipinski definition) is 5. The van der Waals surface area contributed by atoms with E-state index in [9.17, 15) is 8.42 Å². The smallest absolute Gasteiger partial charge is 0.323 e. The number of oxime groups is 1. The van der Waals surface area contributed by atoms with E-state index in [1.165, 1.54) is 0 Å². The molecule has 140 valence electrons. The predicted molar refractivity (Wildman–Crippen MR) is 104 cm³/mol. The summed E-state index contributed by atoms with van der Waals surface area (Å²) in [4.78, 5) is 4.63. The van der Waals surface area contributed by atoms with Crippen LogP contribution in [0.25, 0.3) is 22.4 Å². The quantitative estimate of drug-likeness (QED) is 0.469. The maximum Gasteiger partial charge on any atom is 0.466 e. The molecule has 2 heterocycles. The second-order valence-electron chi connectivity index (χ2n) is 5.79. The molecule has 4 rings (SSSR count). The van der Waals surface area contributed by atoms with E-state index in [1.54, 1.807) is 30.3 Å². The highest BCUT2D eigenvalue weighted by Crippen LogP contribution is 2.37. The molecule has 7 nitrogen and oxygen atoms in total. The molecule has 0 unspecified atom stereocenters. The number of benzene rings is 2. The Labute approximate surface area is 169 Å². The van der Waals surface area contributed by atoms with Crippen LogP contribution in [0.15, 0.2) is 35.5 Å². The van der Waals surface area contributed by atoms with Crippen LogP contribution < -0.4 is 0 Å². The maximum absolute atomic E-state index is 10.8. The van der Waals surface area contributed by atoms with E-state index in [2.05, 4.69) is 14.4 Å². The number of nitrogens with zero attached hydrogens (tertiary/aromatic N) is 3. The van der Waals surface area contributed by atoms with Gasteiger partial charge in [-0.05, 0) is 30.3 Å². The molecule has 0 radical (unpaired) electrons. The fourth-order valence-electron chi connectivity index (χ4n) is 3.07. The minimum atomic E-state index is -4.69. The Hall–Kier alpha value is -1.84. The highest BCUT2D eigenvalue weighted by molar-refractivity contribution is 7.80. The maximum atomic E-state index is 10.8. The summed E-state index contributed by atoms with van der Waals surface area (Å²) in [5, 5.41) is 4.95. The second-order valence-corrected chi connectivity index (χ2v) is 8.05. The van der Waals surface area contributed by atoms with Gasteiger partial charge in [-0.15, -0.1) is 0 Å². The number of aryl methyl sites for hydroxylation is 1. The third-order valence-electron chi connectivity index (χ3n) is 4.14. The molecule has 2 aromatic carbocycles. The van der Waals surface area contributed by atoms with Crippen molar-refractivity contribution in [3.8, 4) is 11.4 Å². The largest absolute Gasteiger partial charge is 0.466 e. The highest BCUT2D eigenvalue weighted by atomic mass is 35.5. The van der Waals surface area contributed by atoms with Crippen molar-refractivity contribution in [3.63, 3.8) is 0 Å². The molecule has 11 heteroatoms. The number of halogens is 3. The average molecular weight is 447 g/mol.